The van der Waals surface area contributed by atoms with Gasteiger partial charge in [0.05, 0.1) is 24.0 Å². The number of methoxy groups -OCH3 is 1. The summed E-state index contributed by atoms with van der Waals surface area (Å²) in [6.07, 6.45) is 7.91. The third-order valence-electron chi connectivity index (χ3n) is 5.03. The molecule has 0 saturated carbocycles. The van der Waals surface area contributed by atoms with Crippen molar-refractivity contribution in [1.82, 2.24) is 24.1 Å². The molecule has 4 aromatic rings. The third-order valence-corrected chi connectivity index (χ3v) is 5.34. The molecule has 0 unspecified atom stereocenters. The minimum atomic E-state index is 0.509. The Kier molecular flexibility index (Phi) is 4.48. The number of nitrogens with one attached hydrogen (secondary N) is 1. The average molecular weight is 410 g/mol. The van der Waals surface area contributed by atoms with Gasteiger partial charge in [0.15, 0.2) is 11.6 Å². The van der Waals surface area contributed by atoms with Crippen molar-refractivity contribution in [2.24, 2.45) is 0 Å². The Bertz CT molecular complexity index is 1160. The monoisotopic (exact) mass is 409 g/mol. The number of nitrogens with zero attached hydrogens (tertiary/aromatic N) is 6. The number of halogens is 1. The number of hydrogen-bond donors (Lipinski definition) is 1. The molecule has 5 rings (SSSR count). The van der Waals surface area contributed by atoms with Crippen LogP contribution < -0.4 is 15.0 Å². The van der Waals surface area contributed by atoms with E-state index in [-0.39, 0.29) is 0 Å². The van der Waals surface area contributed by atoms with Crippen LogP contribution in [-0.4, -0.2) is 44.3 Å². The van der Waals surface area contributed by atoms with Gasteiger partial charge in [0.1, 0.15) is 17.6 Å². The molecule has 0 aliphatic carbocycles. The van der Waals surface area contributed by atoms with Crippen LogP contribution in [0.1, 0.15) is 12.8 Å². The Balaban J connectivity index is 1.44. The zero-order valence-corrected chi connectivity index (χ0v) is 16.7. The van der Waals surface area contributed by atoms with Crippen LogP contribution in [0.5, 0.6) is 5.75 Å². The van der Waals surface area contributed by atoms with Gasteiger partial charge in [-0.15, -0.1) is 5.10 Å². The third kappa shape index (κ3) is 3.36. The van der Waals surface area contributed by atoms with Crippen molar-refractivity contribution in [3.8, 4) is 11.4 Å². The lowest BCUT2D eigenvalue weighted by Crippen LogP contribution is -2.21. The molecule has 1 fully saturated rings. The van der Waals surface area contributed by atoms with Crippen molar-refractivity contribution >= 4 is 34.7 Å². The van der Waals surface area contributed by atoms with Crippen LogP contribution in [0.25, 0.3) is 11.2 Å². The fourth-order valence-corrected chi connectivity index (χ4v) is 3.78. The van der Waals surface area contributed by atoms with Crippen molar-refractivity contribution in [3.05, 3.63) is 54.1 Å². The Morgan fingerprint density at radius 2 is 2.03 bits per heavy atom. The molecule has 0 radical (unpaired) electrons. The number of imidazole rings is 1. The molecule has 4 heterocycles. The molecule has 0 amide bonds. The number of anilines is 3. The minimum Gasteiger partial charge on any atom is -0.495 e. The maximum absolute atomic E-state index is 6.12. The second-order valence-corrected chi connectivity index (χ2v) is 7.31. The molecule has 1 N–H and O–H groups in total. The van der Waals surface area contributed by atoms with E-state index in [4.69, 9.17) is 21.3 Å². The zero-order valence-electron chi connectivity index (χ0n) is 15.9. The van der Waals surface area contributed by atoms with Gasteiger partial charge in [0.2, 0.25) is 5.95 Å². The van der Waals surface area contributed by atoms with Crippen LogP contribution in [0.2, 0.25) is 5.02 Å². The second-order valence-electron chi connectivity index (χ2n) is 6.90. The number of hydrogen-bond acceptors (Lipinski definition) is 6. The first-order valence-corrected chi connectivity index (χ1v) is 9.84. The molecule has 0 spiro atoms. The van der Waals surface area contributed by atoms with E-state index in [2.05, 4.69) is 20.3 Å². The SMILES string of the molecule is COc1cc(-n2cnc(Nc3nc(N4CCCC4)c4cccn4n3)c2)ccc1Cl. The molecular formula is C20H20ClN7O. The zero-order chi connectivity index (χ0) is 19.8. The fourth-order valence-electron chi connectivity index (χ4n) is 3.59. The van der Waals surface area contributed by atoms with Gasteiger partial charge in [-0.2, -0.15) is 4.98 Å². The van der Waals surface area contributed by atoms with E-state index in [0.29, 0.717) is 22.5 Å². The summed E-state index contributed by atoms with van der Waals surface area (Å²) >= 11 is 6.12. The summed E-state index contributed by atoms with van der Waals surface area (Å²) in [6.45, 7) is 2.04. The summed E-state index contributed by atoms with van der Waals surface area (Å²) in [5.41, 5.74) is 1.91. The van der Waals surface area contributed by atoms with Crippen LogP contribution in [0, 0.1) is 0 Å². The van der Waals surface area contributed by atoms with Gasteiger partial charge in [-0.25, -0.2) is 9.50 Å². The number of aromatic nitrogens is 5. The fraction of sp³-hybridized carbons (Fsp3) is 0.250. The lowest BCUT2D eigenvalue weighted by Gasteiger charge is -2.18. The number of rotatable bonds is 5. The summed E-state index contributed by atoms with van der Waals surface area (Å²) in [7, 11) is 1.60. The first-order chi connectivity index (χ1) is 14.2. The number of benzene rings is 1. The Labute approximate surface area is 172 Å². The van der Waals surface area contributed by atoms with Crippen molar-refractivity contribution in [2.75, 3.05) is 30.4 Å². The maximum atomic E-state index is 6.12. The summed E-state index contributed by atoms with van der Waals surface area (Å²) in [5, 5.41) is 8.35. The van der Waals surface area contributed by atoms with Gasteiger partial charge in [-0.3, -0.25) is 0 Å². The van der Waals surface area contributed by atoms with E-state index in [9.17, 15) is 0 Å². The summed E-state index contributed by atoms with van der Waals surface area (Å²) in [5.74, 6) is 2.73. The standard InChI is InChI=1S/C20H20ClN7O/c1-29-17-11-14(6-7-15(17)21)27-12-18(22-13-27)23-20-24-19(26-8-2-3-9-26)16-5-4-10-28(16)25-20/h4-7,10-13H,2-3,8-9H2,1H3,(H,23,25). The van der Waals surface area contributed by atoms with Crippen molar-refractivity contribution in [3.63, 3.8) is 0 Å². The van der Waals surface area contributed by atoms with Crippen molar-refractivity contribution < 1.29 is 4.74 Å². The van der Waals surface area contributed by atoms with E-state index >= 15 is 0 Å². The second kappa shape index (κ2) is 7.29. The molecule has 1 aromatic carbocycles. The van der Waals surface area contributed by atoms with Crippen LogP contribution in [0.15, 0.2) is 49.1 Å². The van der Waals surface area contributed by atoms with Gasteiger partial charge in [-0.05, 0) is 37.1 Å². The van der Waals surface area contributed by atoms with Gasteiger partial charge < -0.3 is 19.5 Å². The highest BCUT2D eigenvalue weighted by Gasteiger charge is 2.18. The first kappa shape index (κ1) is 17.8. The normalized spacial score (nSPS) is 13.9. The molecule has 0 atom stereocenters. The first-order valence-electron chi connectivity index (χ1n) is 9.46. The Hall–Kier alpha value is -3.26. The highest BCUT2D eigenvalue weighted by Crippen LogP contribution is 2.28. The van der Waals surface area contributed by atoms with Gasteiger partial charge in [0, 0.05) is 25.4 Å². The molecule has 3 aromatic heterocycles. The Morgan fingerprint density at radius 3 is 2.86 bits per heavy atom. The van der Waals surface area contributed by atoms with Crippen LogP contribution in [0.3, 0.4) is 0 Å². The molecule has 9 heteroatoms. The summed E-state index contributed by atoms with van der Waals surface area (Å²) in [6, 6.07) is 9.59. The van der Waals surface area contributed by atoms with E-state index in [1.165, 1.54) is 12.8 Å². The quantitative estimate of drug-likeness (QED) is 0.538. The predicted octanol–water partition coefficient (Wildman–Crippen LogP) is 3.92. The van der Waals surface area contributed by atoms with E-state index in [1.807, 2.05) is 45.7 Å². The van der Waals surface area contributed by atoms with E-state index in [1.54, 1.807) is 19.5 Å². The lowest BCUT2D eigenvalue weighted by molar-refractivity contribution is 0.415. The largest absolute Gasteiger partial charge is 0.495 e. The molecular weight excluding hydrogens is 390 g/mol. The van der Waals surface area contributed by atoms with Gasteiger partial charge >= 0.3 is 0 Å². The lowest BCUT2D eigenvalue weighted by atomic mass is 10.3. The topological polar surface area (TPSA) is 72.5 Å². The summed E-state index contributed by atoms with van der Waals surface area (Å²) in [4.78, 5) is 11.5. The van der Waals surface area contributed by atoms with Crippen LogP contribution in [-0.2, 0) is 0 Å². The molecule has 29 heavy (non-hydrogen) atoms. The molecule has 1 saturated heterocycles. The van der Waals surface area contributed by atoms with Gasteiger partial charge in [0.25, 0.3) is 0 Å². The van der Waals surface area contributed by atoms with E-state index < -0.39 is 0 Å². The average Bonchev–Trinajstić information content (AvgIpc) is 3.49. The number of ether oxygens (including phenoxy) is 1. The summed E-state index contributed by atoms with van der Waals surface area (Å²) < 4.78 is 9.03. The smallest absolute Gasteiger partial charge is 0.248 e. The van der Waals surface area contributed by atoms with Crippen molar-refractivity contribution in [1.29, 1.82) is 0 Å². The molecule has 8 nitrogen and oxygen atoms in total. The molecule has 1 aliphatic rings. The van der Waals surface area contributed by atoms with Crippen LogP contribution >= 0.6 is 11.6 Å². The maximum Gasteiger partial charge on any atom is 0.248 e. The predicted molar refractivity (Wildman–Crippen MR) is 113 cm³/mol. The Morgan fingerprint density at radius 1 is 1.17 bits per heavy atom. The van der Waals surface area contributed by atoms with E-state index in [0.717, 1.165) is 30.1 Å². The molecule has 0 bridgehead atoms. The number of fused-ring (bicyclic) bond motifs is 1. The highest BCUT2D eigenvalue weighted by atomic mass is 35.5. The molecule has 1 aliphatic heterocycles. The molecule has 148 valence electrons. The minimum absolute atomic E-state index is 0.509. The highest BCUT2D eigenvalue weighted by molar-refractivity contribution is 6.32. The van der Waals surface area contributed by atoms with Crippen LogP contribution in [0.4, 0.5) is 17.6 Å². The van der Waals surface area contributed by atoms with Crippen molar-refractivity contribution in [2.45, 2.75) is 12.8 Å². The van der Waals surface area contributed by atoms with Gasteiger partial charge in [-0.1, -0.05) is 11.6 Å².